The minimum Gasteiger partial charge on any atom is -0.493 e. The maximum absolute atomic E-state index is 12.9. The van der Waals surface area contributed by atoms with E-state index in [1.165, 1.54) is 5.56 Å². The van der Waals surface area contributed by atoms with E-state index < -0.39 is 0 Å². The Morgan fingerprint density at radius 3 is 2.53 bits per heavy atom. The third-order valence-corrected chi connectivity index (χ3v) is 5.58. The molecular formula is C25H26N2O3. The molecule has 0 radical (unpaired) electrons. The molecule has 1 aromatic heterocycles. The molecule has 30 heavy (non-hydrogen) atoms. The summed E-state index contributed by atoms with van der Waals surface area (Å²) in [5.41, 5.74) is 3.92. The molecule has 1 amide bonds. The molecule has 154 valence electrons. The Balaban J connectivity index is 1.39. The molecule has 3 aromatic rings. The summed E-state index contributed by atoms with van der Waals surface area (Å²) in [6.07, 6.45) is 5.27. The average Bonchev–Trinajstić information content (AvgIpc) is 3.59. The minimum atomic E-state index is -0.371. The normalized spacial score (nSPS) is 14.1. The quantitative estimate of drug-likeness (QED) is 0.609. The molecule has 0 spiro atoms. The zero-order valence-electron chi connectivity index (χ0n) is 17.4. The third kappa shape index (κ3) is 4.30. The van der Waals surface area contributed by atoms with Crippen LogP contribution in [0.2, 0.25) is 0 Å². The standard InChI is InChI=1S/C25H26N2O3/c1-18-4-3-5-21(14-18)25(10-11-25)24(28)27-16-20-6-7-22(23(15-20)29-2)30-17-19-8-12-26-13-9-19/h3-9,12-15H,10-11,16-17H2,1-2H3,(H,27,28). The van der Waals surface area contributed by atoms with Crippen molar-refractivity contribution in [3.8, 4) is 11.5 Å². The molecule has 1 saturated carbocycles. The van der Waals surface area contributed by atoms with Gasteiger partial charge in [-0.15, -0.1) is 0 Å². The number of nitrogens with one attached hydrogen (secondary N) is 1. The number of amides is 1. The van der Waals surface area contributed by atoms with Crippen molar-refractivity contribution in [1.82, 2.24) is 10.3 Å². The van der Waals surface area contributed by atoms with Gasteiger partial charge in [-0.05, 0) is 60.7 Å². The maximum Gasteiger partial charge on any atom is 0.230 e. The lowest BCUT2D eigenvalue weighted by Gasteiger charge is -2.17. The van der Waals surface area contributed by atoms with Crippen LogP contribution in [0.5, 0.6) is 11.5 Å². The van der Waals surface area contributed by atoms with Crippen molar-refractivity contribution in [3.63, 3.8) is 0 Å². The predicted octanol–water partition coefficient (Wildman–Crippen LogP) is 4.33. The van der Waals surface area contributed by atoms with Gasteiger partial charge in [-0.2, -0.15) is 0 Å². The van der Waals surface area contributed by atoms with Crippen LogP contribution < -0.4 is 14.8 Å². The van der Waals surface area contributed by atoms with Crippen molar-refractivity contribution in [2.45, 2.75) is 38.3 Å². The topological polar surface area (TPSA) is 60.5 Å². The molecule has 4 rings (SSSR count). The van der Waals surface area contributed by atoms with E-state index in [0.29, 0.717) is 24.7 Å². The number of rotatable bonds is 8. The van der Waals surface area contributed by atoms with Crippen LogP contribution in [-0.2, 0) is 23.4 Å². The number of hydrogen-bond acceptors (Lipinski definition) is 4. The van der Waals surface area contributed by atoms with Gasteiger partial charge in [0.25, 0.3) is 0 Å². The lowest BCUT2D eigenvalue weighted by molar-refractivity contribution is -0.123. The summed E-state index contributed by atoms with van der Waals surface area (Å²) < 4.78 is 11.4. The first-order valence-corrected chi connectivity index (χ1v) is 10.1. The number of pyridine rings is 1. The van der Waals surface area contributed by atoms with E-state index in [1.54, 1.807) is 19.5 Å². The molecule has 2 aromatic carbocycles. The van der Waals surface area contributed by atoms with Crippen LogP contribution in [0.4, 0.5) is 0 Å². The lowest BCUT2D eigenvalue weighted by atomic mass is 9.93. The second-order valence-corrected chi connectivity index (χ2v) is 7.76. The van der Waals surface area contributed by atoms with Crippen LogP contribution in [-0.4, -0.2) is 18.0 Å². The first kappa shape index (κ1) is 20.0. The molecule has 5 nitrogen and oxygen atoms in total. The Labute approximate surface area is 177 Å². The Hall–Kier alpha value is -3.34. The predicted molar refractivity (Wildman–Crippen MR) is 116 cm³/mol. The number of carbonyl (C=O) groups is 1. The summed E-state index contributed by atoms with van der Waals surface area (Å²) in [6, 6.07) is 17.8. The maximum atomic E-state index is 12.9. The monoisotopic (exact) mass is 402 g/mol. The van der Waals surface area contributed by atoms with E-state index in [0.717, 1.165) is 29.5 Å². The van der Waals surface area contributed by atoms with Gasteiger partial charge in [-0.3, -0.25) is 9.78 Å². The van der Waals surface area contributed by atoms with Crippen LogP contribution in [0.1, 0.15) is 35.1 Å². The van der Waals surface area contributed by atoms with E-state index in [-0.39, 0.29) is 11.3 Å². The molecule has 0 bridgehead atoms. The first-order valence-electron chi connectivity index (χ1n) is 10.1. The summed E-state index contributed by atoms with van der Waals surface area (Å²) in [5, 5.41) is 3.11. The van der Waals surface area contributed by atoms with E-state index in [2.05, 4.69) is 35.4 Å². The molecule has 1 fully saturated rings. The molecule has 0 unspecified atom stereocenters. The smallest absolute Gasteiger partial charge is 0.230 e. The van der Waals surface area contributed by atoms with Crippen molar-refractivity contribution < 1.29 is 14.3 Å². The van der Waals surface area contributed by atoms with Crippen molar-refractivity contribution in [1.29, 1.82) is 0 Å². The molecule has 1 heterocycles. The van der Waals surface area contributed by atoms with Crippen molar-refractivity contribution in [2.24, 2.45) is 0 Å². The molecular weight excluding hydrogens is 376 g/mol. The fourth-order valence-electron chi connectivity index (χ4n) is 3.65. The van der Waals surface area contributed by atoms with E-state index in [9.17, 15) is 4.79 Å². The van der Waals surface area contributed by atoms with Crippen LogP contribution in [0, 0.1) is 6.92 Å². The second kappa shape index (κ2) is 8.57. The van der Waals surface area contributed by atoms with Crippen molar-refractivity contribution >= 4 is 5.91 Å². The summed E-state index contributed by atoms with van der Waals surface area (Å²) in [7, 11) is 1.62. The molecule has 0 atom stereocenters. The zero-order valence-corrected chi connectivity index (χ0v) is 17.4. The number of ether oxygens (including phenoxy) is 2. The molecule has 1 N–H and O–H groups in total. The number of carbonyl (C=O) groups excluding carboxylic acids is 1. The van der Waals surface area contributed by atoms with E-state index in [1.807, 2.05) is 36.4 Å². The highest BCUT2D eigenvalue weighted by Crippen LogP contribution is 2.48. The van der Waals surface area contributed by atoms with Gasteiger partial charge in [0.1, 0.15) is 6.61 Å². The van der Waals surface area contributed by atoms with Gasteiger partial charge in [-0.1, -0.05) is 35.9 Å². The SMILES string of the molecule is COc1cc(CNC(=O)C2(c3cccc(C)c3)CC2)ccc1OCc1ccncc1. The number of nitrogens with zero attached hydrogens (tertiary/aromatic N) is 1. The van der Waals surface area contributed by atoms with Gasteiger partial charge in [0, 0.05) is 18.9 Å². The molecule has 1 aliphatic carbocycles. The number of hydrogen-bond donors (Lipinski definition) is 1. The van der Waals surface area contributed by atoms with Gasteiger partial charge in [0.2, 0.25) is 5.91 Å². The van der Waals surface area contributed by atoms with Crippen molar-refractivity contribution in [3.05, 3.63) is 89.2 Å². The number of methoxy groups -OCH3 is 1. The lowest BCUT2D eigenvalue weighted by Crippen LogP contribution is -2.34. The van der Waals surface area contributed by atoms with E-state index >= 15 is 0 Å². The fourth-order valence-corrected chi connectivity index (χ4v) is 3.65. The highest BCUT2D eigenvalue weighted by atomic mass is 16.5. The number of aromatic nitrogens is 1. The third-order valence-electron chi connectivity index (χ3n) is 5.58. The minimum absolute atomic E-state index is 0.0880. The van der Waals surface area contributed by atoms with Crippen LogP contribution >= 0.6 is 0 Å². The summed E-state index contributed by atoms with van der Waals surface area (Å²) in [4.78, 5) is 16.9. The molecule has 0 aliphatic heterocycles. The van der Waals surface area contributed by atoms with Crippen molar-refractivity contribution in [2.75, 3.05) is 7.11 Å². The van der Waals surface area contributed by atoms with Crippen LogP contribution in [0.15, 0.2) is 67.0 Å². The summed E-state index contributed by atoms with van der Waals surface area (Å²) in [6.45, 7) is 2.95. The Kier molecular flexibility index (Phi) is 5.70. The number of aryl methyl sites for hydroxylation is 1. The van der Waals surface area contributed by atoms with Gasteiger partial charge in [0.05, 0.1) is 12.5 Å². The Morgan fingerprint density at radius 1 is 1.03 bits per heavy atom. The molecule has 0 saturated heterocycles. The fraction of sp³-hybridized carbons (Fsp3) is 0.280. The Morgan fingerprint density at radius 2 is 1.83 bits per heavy atom. The largest absolute Gasteiger partial charge is 0.493 e. The first-order chi connectivity index (χ1) is 14.6. The summed E-state index contributed by atoms with van der Waals surface area (Å²) in [5.74, 6) is 1.41. The van der Waals surface area contributed by atoms with Gasteiger partial charge < -0.3 is 14.8 Å². The Bertz CT molecular complexity index is 1030. The van der Waals surface area contributed by atoms with E-state index in [4.69, 9.17) is 9.47 Å². The van der Waals surface area contributed by atoms with Gasteiger partial charge in [0.15, 0.2) is 11.5 Å². The zero-order chi connectivity index (χ0) is 21.0. The highest BCUT2D eigenvalue weighted by Gasteiger charge is 2.51. The second-order valence-electron chi connectivity index (χ2n) is 7.76. The number of benzene rings is 2. The van der Waals surface area contributed by atoms with Crippen LogP contribution in [0.25, 0.3) is 0 Å². The highest BCUT2D eigenvalue weighted by molar-refractivity contribution is 5.91. The van der Waals surface area contributed by atoms with Gasteiger partial charge in [-0.25, -0.2) is 0 Å². The van der Waals surface area contributed by atoms with Gasteiger partial charge >= 0.3 is 0 Å². The molecule has 5 heteroatoms. The average molecular weight is 402 g/mol. The summed E-state index contributed by atoms with van der Waals surface area (Å²) >= 11 is 0. The molecule has 1 aliphatic rings. The van der Waals surface area contributed by atoms with Crippen LogP contribution in [0.3, 0.4) is 0 Å².